The summed E-state index contributed by atoms with van der Waals surface area (Å²) in [5.74, 6) is 0.496. The molecule has 0 radical (unpaired) electrons. The highest BCUT2D eigenvalue weighted by atomic mass is 32.2. The lowest BCUT2D eigenvalue weighted by Crippen LogP contribution is -2.25. The minimum atomic E-state index is -0.462. The lowest BCUT2D eigenvalue weighted by molar-refractivity contribution is -0.115. The summed E-state index contributed by atoms with van der Waals surface area (Å²) in [6.45, 7) is 5.93. The van der Waals surface area contributed by atoms with E-state index >= 15 is 0 Å². The number of halogens is 1. The van der Waals surface area contributed by atoms with Gasteiger partial charge in [-0.25, -0.2) is 4.39 Å². The molecule has 6 nitrogen and oxygen atoms in total. The average Bonchev–Trinajstić information content (AvgIpc) is 3.30. The van der Waals surface area contributed by atoms with Crippen molar-refractivity contribution in [2.45, 2.75) is 43.6 Å². The number of para-hydroxylation sites is 1. The van der Waals surface area contributed by atoms with Gasteiger partial charge in [-0.2, -0.15) is 0 Å². The first-order valence-electron chi connectivity index (χ1n) is 8.72. The van der Waals surface area contributed by atoms with Crippen LogP contribution >= 0.6 is 11.8 Å². The van der Waals surface area contributed by atoms with Gasteiger partial charge in [0.2, 0.25) is 11.7 Å². The molecule has 2 aromatic heterocycles. The second-order valence-corrected chi connectivity index (χ2v) is 7.40. The molecule has 2 heterocycles. The van der Waals surface area contributed by atoms with Gasteiger partial charge in [0, 0.05) is 6.04 Å². The van der Waals surface area contributed by atoms with Crippen LogP contribution < -0.4 is 5.32 Å². The molecule has 1 amide bonds. The van der Waals surface area contributed by atoms with Crippen LogP contribution in [0.15, 0.2) is 52.2 Å². The molecule has 0 aliphatic carbocycles. The van der Waals surface area contributed by atoms with Crippen LogP contribution in [0, 0.1) is 5.82 Å². The van der Waals surface area contributed by atoms with Crippen molar-refractivity contribution in [1.82, 2.24) is 14.8 Å². The number of anilines is 1. The first kappa shape index (κ1) is 19.2. The quantitative estimate of drug-likeness (QED) is 0.590. The molecule has 0 saturated heterocycles. The fourth-order valence-electron chi connectivity index (χ4n) is 2.62. The van der Waals surface area contributed by atoms with Gasteiger partial charge in [-0.1, -0.05) is 30.8 Å². The van der Waals surface area contributed by atoms with E-state index in [2.05, 4.69) is 15.5 Å². The number of amides is 1. The molecular formula is C19H21FN4O2S. The number of hydrogen-bond acceptors (Lipinski definition) is 5. The van der Waals surface area contributed by atoms with Gasteiger partial charge in [-0.15, -0.1) is 10.2 Å². The number of nitrogens with one attached hydrogen (secondary N) is 1. The van der Waals surface area contributed by atoms with E-state index in [1.165, 1.54) is 23.9 Å². The second-order valence-electron chi connectivity index (χ2n) is 6.23. The van der Waals surface area contributed by atoms with Gasteiger partial charge in [-0.05, 0) is 44.5 Å². The summed E-state index contributed by atoms with van der Waals surface area (Å²) in [4.78, 5) is 12.6. The predicted octanol–water partition coefficient (Wildman–Crippen LogP) is 4.77. The van der Waals surface area contributed by atoms with E-state index in [1.807, 2.05) is 31.4 Å². The molecule has 0 aliphatic rings. The molecule has 0 bridgehead atoms. The lowest BCUT2D eigenvalue weighted by Gasteiger charge is -2.17. The number of hydrogen-bond donors (Lipinski definition) is 1. The SMILES string of the molecule is CCC(Sc1nnc(-c2ccco2)n1C(C)C)C(=O)Nc1ccccc1F. The zero-order chi connectivity index (χ0) is 19.4. The van der Waals surface area contributed by atoms with Crippen LogP contribution in [0.25, 0.3) is 11.6 Å². The van der Waals surface area contributed by atoms with E-state index in [0.717, 1.165) is 0 Å². The van der Waals surface area contributed by atoms with Gasteiger partial charge in [0.1, 0.15) is 5.82 Å². The molecule has 1 unspecified atom stereocenters. The molecule has 0 fully saturated rings. The number of rotatable bonds is 7. The summed E-state index contributed by atoms with van der Waals surface area (Å²) in [5, 5.41) is 11.3. The van der Waals surface area contributed by atoms with E-state index in [9.17, 15) is 9.18 Å². The van der Waals surface area contributed by atoms with Gasteiger partial charge < -0.3 is 9.73 Å². The average molecular weight is 388 g/mol. The van der Waals surface area contributed by atoms with Crippen LogP contribution in [-0.2, 0) is 4.79 Å². The van der Waals surface area contributed by atoms with Crippen molar-refractivity contribution in [2.75, 3.05) is 5.32 Å². The van der Waals surface area contributed by atoms with Crippen molar-refractivity contribution in [1.29, 1.82) is 0 Å². The Morgan fingerprint density at radius 3 is 2.67 bits per heavy atom. The normalized spacial score (nSPS) is 12.3. The number of thioether (sulfide) groups is 1. The summed E-state index contributed by atoms with van der Waals surface area (Å²) in [6, 6.07) is 9.80. The largest absolute Gasteiger partial charge is 0.461 e. The Balaban J connectivity index is 1.82. The Hall–Kier alpha value is -2.61. The topological polar surface area (TPSA) is 73.0 Å². The van der Waals surface area contributed by atoms with Crippen LogP contribution in [0.1, 0.15) is 33.2 Å². The fraction of sp³-hybridized carbons (Fsp3) is 0.316. The maximum atomic E-state index is 13.8. The Morgan fingerprint density at radius 2 is 2.04 bits per heavy atom. The first-order chi connectivity index (χ1) is 13.0. The summed E-state index contributed by atoms with van der Waals surface area (Å²) >= 11 is 1.31. The summed E-state index contributed by atoms with van der Waals surface area (Å²) in [5.41, 5.74) is 0.170. The molecule has 0 aliphatic heterocycles. The zero-order valence-electron chi connectivity index (χ0n) is 15.3. The van der Waals surface area contributed by atoms with E-state index in [0.29, 0.717) is 23.2 Å². The molecule has 1 N–H and O–H groups in total. The maximum Gasteiger partial charge on any atom is 0.238 e. The van der Waals surface area contributed by atoms with Crippen LogP contribution in [0.5, 0.6) is 0 Å². The van der Waals surface area contributed by atoms with Crippen molar-refractivity contribution in [3.05, 3.63) is 48.5 Å². The molecule has 1 atom stereocenters. The molecule has 8 heteroatoms. The minimum absolute atomic E-state index is 0.0785. The molecule has 0 saturated carbocycles. The van der Waals surface area contributed by atoms with E-state index < -0.39 is 11.1 Å². The van der Waals surface area contributed by atoms with E-state index in [4.69, 9.17) is 4.42 Å². The highest BCUT2D eigenvalue weighted by Gasteiger charge is 2.25. The van der Waals surface area contributed by atoms with Crippen LogP contribution in [-0.4, -0.2) is 25.9 Å². The second kappa shape index (κ2) is 8.39. The van der Waals surface area contributed by atoms with Crippen molar-refractivity contribution >= 4 is 23.4 Å². The number of furan rings is 1. The molecule has 1 aromatic carbocycles. The van der Waals surface area contributed by atoms with Gasteiger partial charge >= 0.3 is 0 Å². The number of nitrogens with zero attached hydrogens (tertiary/aromatic N) is 3. The highest BCUT2D eigenvalue weighted by molar-refractivity contribution is 8.00. The third-order valence-corrected chi connectivity index (χ3v) is 5.29. The Morgan fingerprint density at radius 1 is 1.26 bits per heavy atom. The molecule has 3 rings (SSSR count). The predicted molar refractivity (Wildman–Crippen MR) is 103 cm³/mol. The molecule has 3 aromatic rings. The number of aromatic nitrogens is 3. The fourth-order valence-corrected chi connectivity index (χ4v) is 3.71. The zero-order valence-corrected chi connectivity index (χ0v) is 16.2. The Kier molecular flexibility index (Phi) is 5.95. The maximum absolute atomic E-state index is 13.8. The monoisotopic (exact) mass is 388 g/mol. The first-order valence-corrected chi connectivity index (χ1v) is 9.60. The van der Waals surface area contributed by atoms with Crippen LogP contribution in [0.3, 0.4) is 0 Å². The lowest BCUT2D eigenvalue weighted by atomic mass is 10.2. The van der Waals surface area contributed by atoms with Crippen LogP contribution in [0.2, 0.25) is 0 Å². The third-order valence-electron chi connectivity index (χ3n) is 3.97. The minimum Gasteiger partial charge on any atom is -0.461 e. The van der Waals surface area contributed by atoms with Gasteiger partial charge in [0.25, 0.3) is 0 Å². The number of benzene rings is 1. The number of carbonyl (C=O) groups is 1. The Bertz CT molecular complexity index is 908. The molecule has 0 spiro atoms. The summed E-state index contributed by atoms with van der Waals surface area (Å²) in [7, 11) is 0. The standard InChI is InChI=1S/C19H21FN4O2S/c1-4-16(18(25)21-14-9-6-5-8-13(14)20)27-19-23-22-17(24(19)12(2)3)15-10-7-11-26-15/h5-12,16H,4H2,1-3H3,(H,21,25). The van der Waals surface area contributed by atoms with Crippen LogP contribution in [0.4, 0.5) is 10.1 Å². The van der Waals surface area contributed by atoms with Crippen molar-refractivity contribution in [3.8, 4) is 11.6 Å². The highest BCUT2D eigenvalue weighted by Crippen LogP contribution is 2.31. The van der Waals surface area contributed by atoms with E-state index in [-0.39, 0.29) is 17.6 Å². The third kappa shape index (κ3) is 4.21. The summed E-state index contributed by atoms with van der Waals surface area (Å²) < 4.78 is 21.2. The van der Waals surface area contributed by atoms with Gasteiger partial charge in [0.05, 0.1) is 17.2 Å². The van der Waals surface area contributed by atoms with Crippen molar-refractivity contribution < 1.29 is 13.6 Å². The van der Waals surface area contributed by atoms with Crippen molar-refractivity contribution in [3.63, 3.8) is 0 Å². The Labute approximate surface area is 161 Å². The summed E-state index contributed by atoms with van der Waals surface area (Å²) in [6.07, 6.45) is 2.14. The van der Waals surface area contributed by atoms with Crippen molar-refractivity contribution in [2.24, 2.45) is 0 Å². The molecular weight excluding hydrogens is 367 g/mol. The smallest absolute Gasteiger partial charge is 0.238 e. The van der Waals surface area contributed by atoms with Gasteiger partial charge in [-0.3, -0.25) is 9.36 Å². The number of carbonyl (C=O) groups excluding carboxylic acids is 1. The van der Waals surface area contributed by atoms with E-state index in [1.54, 1.807) is 24.5 Å². The molecule has 27 heavy (non-hydrogen) atoms. The molecule has 142 valence electrons. The van der Waals surface area contributed by atoms with Gasteiger partial charge in [0.15, 0.2) is 10.9 Å².